The predicted octanol–water partition coefficient (Wildman–Crippen LogP) is 3.83. The Morgan fingerprint density at radius 1 is 1.23 bits per heavy atom. The molecule has 0 saturated carbocycles. The highest BCUT2D eigenvalue weighted by Crippen LogP contribution is 2.43. The number of aryl methyl sites for hydroxylation is 1. The maximum Gasteiger partial charge on any atom is 0.219 e. The van der Waals surface area contributed by atoms with Gasteiger partial charge < -0.3 is 4.74 Å². The van der Waals surface area contributed by atoms with E-state index in [1.54, 1.807) is 13.2 Å². The van der Waals surface area contributed by atoms with Gasteiger partial charge in [0.1, 0.15) is 5.75 Å². The van der Waals surface area contributed by atoms with E-state index in [2.05, 4.69) is 0 Å². The molecule has 0 bridgehead atoms. The van der Waals surface area contributed by atoms with Crippen LogP contribution in [0, 0.1) is 6.92 Å². The molecule has 13 heavy (non-hydrogen) atoms. The summed E-state index contributed by atoms with van der Waals surface area (Å²) in [5.74, 6) is 0.627. The largest absolute Gasteiger partial charge is 0.496 e. The van der Waals surface area contributed by atoms with Crippen molar-refractivity contribution in [2.75, 3.05) is 7.11 Å². The highest BCUT2D eigenvalue weighted by atomic mass is 35.6. The topological polar surface area (TPSA) is 9.23 Å². The third-order valence-corrected chi connectivity index (χ3v) is 2.33. The molecule has 1 nitrogen and oxygen atoms in total. The molecule has 72 valence electrons. The van der Waals surface area contributed by atoms with Crippen LogP contribution in [0.15, 0.2) is 18.2 Å². The number of methoxy groups -OCH3 is 1. The van der Waals surface area contributed by atoms with Crippen LogP contribution in [0.1, 0.15) is 11.1 Å². The smallest absolute Gasteiger partial charge is 0.219 e. The Hall–Kier alpha value is -0.110. The SMILES string of the molecule is COc1c(C)cccc1C(Cl)(Cl)Cl. The Morgan fingerprint density at radius 2 is 1.85 bits per heavy atom. The number of alkyl halides is 3. The molecule has 0 aromatic heterocycles. The van der Waals surface area contributed by atoms with E-state index in [0.29, 0.717) is 11.3 Å². The third kappa shape index (κ3) is 2.43. The molecule has 1 aromatic carbocycles. The monoisotopic (exact) mass is 238 g/mol. The van der Waals surface area contributed by atoms with Crippen molar-refractivity contribution < 1.29 is 4.74 Å². The van der Waals surface area contributed by atoms with E-state index in [0.717, 1.165) is 5.56 Å². The maximum absolute atomic E-state index is 5.77. The molecule has 0 aliphatic heterocycles. The van der Waals surface area contributed by atoms with Crippen molar-refractivity contribution in [1.29, 1.82) is 0 Å². The molecule has 0 fully saturated rings. The summed E-state index contributed by atoms with van der Waals surface area (Å²) in [6.07, 6.45) is 0. The average molecular weight is 240 g/mol. The minimum atomic E-state index is -1.43. The highest BCUT2D eigenvalue weighted by molar-refractivity contribution is 6.66. The molecule has 0 amide bonds. The molecule has 0 atom stereocenters. The third-order valence-electron chi connectivity index (χ3n) is 1.72. The fraction of sp³-hybridized carbons (Fsp3) is 0.333. The number of hydrogen-bond donors (Lipinski definition) is 0. The molecule has 0 radical (unpaired) electrons. The van der Waals surface area contributed by atoms with Crippen LogP contribution in [-0.2, 0) is 3.79 Å². The van der Waals surface area contributed by atoms with Crippen molar-refractivity contribution in [2.24, 2.45) is 0 Å². The predicted molar refractivity (Wildman–Crippen MR) is 57.0 cm³/mol. The standard InChI is InChI=1S/C9H9Cl3O/c1-6-4-3-5-7(8(6)13-2)9(10,11)12/h3-5H,1-2H3. The lowest BCUT2D eigenvalue weighted by Gasteiger charge is -2.16. The second-order valence-corrected chi connectivity index (χ2v) is 4.93. The molecule has 0 heterocycles. The van der Waals surface area contributed by atoms with Gasteiger partial charge in [0.05, 0.1) is 7.11 Å². The summed E-state index contributed by atoms with van der Waals surface area (Å²) in [5.41, 5.74) is 1.52. The van der Waals surface area contributed by atoms with Crippen LogP contribution in [0.2, 0.25) is 0 Å². The Bertz CT molecular complexity index is 304. The lowest BCUT2D eigenvalue weighted by atomic mass is 10.1. The minimum absolute atomic E-state index is 0.569. The summed E-state index contributed by atoms with van der Waals surface area (Å²) in [5, 5.41) is 0. The maximum atomic E-state index is 5.77. The van der Waals surface area contributed by atoms with Gasteiger partial charge in [-0.15, -0.1) is 0 Å². The molecule has 1 rings (SSSR count). The molecule has 0 N–H and O–H groups in total. The second kappa shape index (κ2) is 3.95. The molecular formula is C9H9Cl3O. The number of halogens is 3. The Morgan fingerprint density at radius 3 is 2.23 bits per heavy atom. The van der Waals surface area contributed by atoms with Crippen molar-refractivity contribution in [3.05, 3.63) is 29.3 Å². The quantitative estimate of drug-likeness (QED) is 0.677. The molecule has 0 saturated heterocycles. The number of para-hydroxylation sites is 1. The van der Waals surface area contributed by atoms with E-state index >= 15 is 0 Å². The molecule has 0 spiro atoms. The fourth-order valence-electron chi connectivity index (χ4n) is 1.15. The first-order valence-corrected chi connectivity index (χ1v) is 4.81. The van der Waals surface area contributed by atoms with Gasteiger partial charge in [0.25, 0.3) is 0 Å². The average Bonchev–Trinajstić information content (AvgIpc) is 2.02. The van der Waals surface area contributed by atoms with Crippen molar-refractivity contribution in [3.8, 4) is 5.75 Å². The normalized spacial score (nSPS) is 11.5. The molecule has 4 heteroatoms. The van der Waals surface area contributed by atoms with E-state index in [-0.39, 0.29) is 0 Å². The number of rotatable bonds is 1. The van der Waals surface area contributed by atoms with Crippen LogP contribution in [0.3, 0.4) is 0 Å². The first-order chi connectivity index (χ1) is 5.96. The van der Waals surface area contributed by atoms with E-state index in [9.17, 15) is 0 Å². The summed E-state index contributed by atoms with van der Waals surface area (Å²) in [4.78, 5) is 0. The zero-order valence-corrected chi connectivity index (χ0v) is 9.54. The van der Waals surface area contributed by atoms with Gasteiger partial charge in [-0.3, -0.25) is 0 Å². The summed E-state index contributed by atoms with van der Waals surface area (Å²) >= 11 is 17.3. The Balaban J connectivity index is 3.29. The van der Waals surface area contributed by atoms with Crippen LogP contribution in [0.25, 0.3) is 0 Å². The lowest BCUT2D eigenvalue weighted by molar-refractivity contribution is 0.407. The van der Waals surface area contributed by atoms with E-state index in [1.165, 1.54) is 0 Å². The van der Waals surface area contributed by atoms with Gasteiger partial charge in [-0.05, 0) is 12.5 Å². The van der Waals surface area contributed by atoms with Gasteiger partial charge in [-0.25, -0.2) is 0 Å². The van der Waals surface area contributed by atoms with Crippen molar-refractivity contribution in [3.63, 3.8) is 0 Å². The number of hydrogen-bond acceptors (Lipinski definition) is 1. The van der Waals surface area contributed by atoms with Crippen molar-refractivity contribution in [2.45, 2.75) is 10.7 Å². The zero-order chi connectivity index (χ0) is 10.1. The summed E-state index contributed by atoms with van der Waals surface area (Å²) in [6, 6.07) is 5.46. The summed E-state index contributed by atoms with van der Waals surface area (Å²) < 4.78 is 3.72. The molecule has 1 aromatic rings. The van der Waals surface area contributed by atoms with Gasteiger partial charge in [0.15, 0.2) is 0 Å². The van der Waals surface area contributed by atoms with Crippen molar-refractivity contribution in [1.82, 2.24) is 0 Å². The first kappa shape index (κ1) is 11.0. The first-order valence-electron chi connectivity index (χ1n) is 3.67. The molecule has 0 aliphatic rings. The van der Waals surface area contributed by atoms with Gasteiger partial charge in [-0.2, -0.15) is 0 Å². The number of benzene rings is 1. The van der Waals surface area contributed by atoms with Crippen LogP contribution in [-0.4, -0.2) is 7.11 Å². The minimum Gasteiger partial charge on any atom is -0.496 e. The molecule has 0 unspecified atom stereocenters. The molecule has 0 aliphatic carbocycles. The van der Waals surface area contributed by atoms with Crippen LogP contribution in [0.5, 0.6) is 5.75 Å². The van der Waals surface area contributed by atoms with Gasteiger partial charge in [0, 0.05) is 5.56 Å². The second-order valence-electron chi connectivity index (χ2n) is 2.65. The number of ether oxygens (including phenoxy) is 1. The zero-order valence-electron chi connectivity index (χ0n) is 7.27. The highest BCUT2D eigenvalue weighted by Gasteiger charge is 2.27. The summed E-state index contributed by atoms with van der Waals surface area (Å²) in [6.45, 7) is 1.90. The van der Waals surface area contributed by atoms with E-state index in [4.69, 9.17) is 39.5 Å². The Kier molecular flexibility index (Phi) is 3.33. The fourth-order valence-corrected chi connectivity index (χ4v) is 1.59. The van der Waals surface area contributed by atoms with Crippen LogP contribution >= 0.6 is 34.8 Å². The molecular weight excluding hydrogens is 230 g/mol. The van der Waals surface area contributed by atoms with Crippen LogP contribution < -0.4 is 4.74 Å². The summed E-state index contributed by atoms with van der Waals surface area (Å²) in [7, 11) is 1.56. The van der Waals surface area contributed by atoms with E-state index in [1.807, 2.05) is 19.1 Å². The van der Waals surface area contributed by atoms with Gasteiger partial charge in [0.2, 0.25) is 3.79 Å². The van der Waals surface area contributed by atoms with E-state index < -0.39 is 3.79 Å². The lowest BCUT2D eigenvalue weighted by Crippen LogP contribution is -2.04. The van der Waals surface area contributed by atoms with Crippen molar-refractivity contribution >= 4 is 34.8 Å². The Labute approximate surface area is 92.5 Å². The van der Waals surface area contributed by atoms with Crippen LogP contribution in [0.4, 0.5) is 0 Å². The van der Waals surface area contributed by atoms with Gasteiger partial charge >= 0.3 is 0 Å². The van der Waals surface area contributed by atoms with Gasteiger partial charge in [-0.1, -0.05) is 53.0 Å².